The first-order chi connectivity index (χ1) is 15.5. The van der Waals surface area contributed by atoms with Crippen molar-refractivity contribution in [2.24, 2.45) is 0 Å². The average Bonchev–Trinajstić information content (AvgIpc) is 3.04. The van der Waals surface area contributed by atoms with Crippen LogP contribution < -0.4 is 13.6 Å². The summed E-state index contributed by atoms with van der Waals surface area (Å²) in [5.74, 6) is 2.36. The normalized spacial score (nSPS) is 16.6. The zero-order valence-electron chi connectivity index (χ0n) is 22.1. The van der Waals surface area contributed by atoms with Gasteiger partial charge >= 0.3 is 0 Å². The number of fused-ring (bicyclic) bond motifs is 5. The molecule has 0 bridgehead atoms. The lowest BCUT2D eigenvalue weighted by Crippen LogP contribution is -2.43. The summed E-state index contributed by atoms with van der Waals surface area (Å²) >= 11 is 1.68. The molecule has 34 heavy (non-hydrogen) atoms. The molecule has 0 saturated heterocycles. The Morgan fingerprint density at radius 1 is 0.824 bits per heavy atom. The van der Waals surface area contributed by atoms with Crippen LogP contribution in [0.15, 0.2) is 36.4 Å². The minimum absolute atomic E-state index is 0.103. The summed E-state index contributed by atoms with van der Waals surface area (Å²) in [6, 6.07) is 12.2. The zero-order chi connectivity index (χ0) is 25.3. The second-order valence-corrected chi connectivity index (χ2v) is 22.9. The van der Waals surface area contributed by atoms with Crippen molar-refractivity contribution in [2.75, 3.05) is 0 Å². The summed E-state index contributed by atoms with van der Waals surface area (Å²) in [6.07, 6.45) is -1.01. The molecule has 0 fully saturated rings. The average molecular weight is 515 g/mol. The Hall–Kier alpha value is -1.81. The Morgan fingerprint density at radius 3 is 1.91 bits per heavy atom. The van der Waals surface area contributed by atoms with E-state index in [1.54, 1.807) is 11.3 Å². The minimum atomic E-state index is -1.97. The van der Waals surface area contributed by atoms with Crippen molar-refractivity contribution in [2.45, 2.75) is 84.1 Å². The lowest BCUT2D eigenvalue weighted by Gasteiger charge is -2.36. The summed E-state index contributed by atoms with van der Waals surface area (Å²) in [7, 11) is -3.91. The SMILES string of the molecule is CC(C)(C)[Si](C)(C)Oc1ccc2c(c1)OC(O)c1c-2sc2cc(O[Si](C)(C)C(C)(C)C)ccc12. The van der Waals surface area contributed by atoms with Crippen LogP contribution in [0.2, 0.25) is 36.3 Å². The molecule has 4 nitrogen and oxygen atoms in total. The maximum absolute atomic E-state index is 10.9. The van der Waals surface area contributed by atoms with E-state index in [1.165, 1.54) is 0 Å². The molecule has 1 aromatic heterocycles. The standard InChI is InChI=1S/C27H38O4SSi2/c1-26(2,3)33(7,8)30-17-11-13-19-21(15-17)29-25(28)23-20-14-12-18(16-22(20)32-24(19)23)31-34(9,10)27(4,5)6/h11-16,25,28H,1-10H3. The maximum Gasteiger partial charge on any atom is 0.250 e. The second-order valence-electron chi connectivity index (χ2n) is 12.4. The molecular weight excluding hydrogens is 477 g/mol. The fourth-order valence-electron chi connectivity index (χ4n) is 3.53. The van der Waals surface area contributed by atoms with E-state index in [-0.39, 0.29) is 10.1 Å². The molecular formula is C27H38O4SSi2. The van der Waals surface area contributed by atoms with Crippen LogP contribution in [0.1, 0.15) is 53.4 Å². The van der Waals surface area contributed by atoms with Gasteiger partial charge in [0.05, 0.1) is 0 Å². The molecule has 1 N–H and O–H groups in total. The summed E-state index contributed by atoms with van der Waals surface area (Å²) in [5, 5.41) is 12.2. The number of rotatable bonds is 4. The monoisotopic (exact) mass is 514 g/mol. The van der Waals surface area contributed by atoms with Gasteiger partial charge in [-0.3, -0.25) is 0 Å². The van der Waals surface area contributed by atoms with Crippen molar-refractivity contribution < 1.29 is 18.7 Å². The molecule has 2 heterocycles. The van der Waals surface area contributed by atoms with E-state index in [0.717, 1.165) is 37.6 Å². The van der Waals surface area contributed by atoms with E-state index in [1.807, 2.05) is 18.2 Å². The summed E-state index contributed by atoms with van der Waals surface area (Å²) in [4.78, 5) is 1.05. The predicted molar refractivity (Wildman–Crippen MR) is 148 cm³/mol. The van der Waals surface area contributed by atoms with Crippen molar-refractivity contribution in [3.63, 3.8) is 0 Å². The molecule has 4 rings (SSSR count). The van der Waals surface area contributed by atoms with Gasteiger partial charge in [0.1, 0.15) is 17.2 Å². The predicted octanol–water partition coefficient (Wildman–Crippen LogP) is 8.72. The van der Waals surface area contributed by atoms with Gasteiger partial charge in [-0.05, 0) is 66.6 Å². The Morgan fingerprint density at radius 2 is 1.35 bits per heavy atom. The van der Waals surface area contributed by atoms with E-state index in [4.69, 9.17) is 13.6 Å². The van der Waals surface area contributed by atoms with Gasteiger partial charge in [-0.25, -0.2) is 0 Å². The number of hydrogen-bond acceptors (Lipinski definition) is 5. The van der Waals surface area contributed by atoms with Gasteiger partial charge in [-0.15, -0.1) is 11.3 Å². The highest BCUT2D eigenvalue weighted by Crippen LogP contribution is 2.51. The van der Waals surface area contributed by atoms with Gasteiger partial charge in [-0.1, -0.05) is 41.5 Å². The number of ether oxygens (including phenoxy) is 1. The van der Waals surface area contributed by atoms with E-state index in [0.29, 0.717) is 5.75 Å². The van der Waals surface area contributed by atoms with Crippen LogP contribution in [-0.2, 0) is 0 Å². The summed E-state index contributed by atoms with van der Waals surface area (Å²) in [5.41, 5.74) is 1.83. The second kappa shape index (κ2) is 8.12. The van der Waals surface area contributed by atoms with Crippen molar-refractivity contribution in [3.05, 3.63) is 42.0 Å². The van der Waals surface area contributed by atoms with E-state index >= 15 is 0 Å². The van der Waals surface area contributed by atoms with E-state index in [9.17, 15) is 5.11 Å². The topological polar surface area (TPSA) is 47.9 Å². The van der Waals surface area contributed by atoms with Crippen molar-refractivity contribution in [1.29, 1.82) is 0 Å². The highest BCUT2D eigenvalue weighted by molar-refractivity contribution is 7.22. The third kappa shape index (κ3) is 4.43. The number of hydrogen-bond donors (Lipinski definition) is 1. The highest BCUT2D eigenvalue weighted by Gasteiger charge is 2.40. The largest absolute Gasteiger partial charge is 0.543 e. The Kier molecular flexibility index (Phi) is 6.04. The molecule has 1 aliphatic rings. The smallest absolute Gasteiger partial charge is 0.250 e. The third-order valence-electron chi connectivity index (χ3n) is 7.74. The Labute approximate surface area is 210 Å². The van der Waals surface area contributed by atoms with Crippen LogP contribution in [0.3, 0.4) is 0 Å². The quantitative estimate of drug-likeness (QED) is 0.354. The molecule has 1 aliphatic heterocycles. The fourth-order valence-corrected chi connectivity index (χ4v) is 6.86. The molecule has 184 valence electrons. The molecule has 0 aliphatic carbocycles. The van der Waals surface area contributed by atoms with Crippen LogP contribution in [0.4, 0.5) is 0 Å². The number of benzene rings is 2. The summed E-state index contributed by atoms with van der Waals surface area (Å²) < 4.78 is 20.1. The van der Waals surface area contributed by atoms with Crippen LogP contribution in [0.5, 0.6) is 17.2 Å². The van der Waals surface area contributed by atoms with Crippen molar-refractivity contribution in [3.8, 4) is 27.7 Å². The summed E-state index contributed by atoms with van der Waals surface area (Å²) in [6.45, 7) is 22.4. The van der Waals surface area contributed by atoms with Crippen LogP contribution in [0.25, 0.3) is 20.5 Å². The van der Waals surface area contributed by atoms with E-state index < -0.39 is 22.9 Å². The van der Waals surface area contributed by atoms with Gasteiger partial charge in [-0.2, -0.15) is 0 Å². The number of thiophene rings is 1. The Bertz CT molecular complexity index is 1230. The lowest BCUT2D eigenvalue weighted by atomic mass is 10.0. The first-order valence-electron chi connectivity index (χ1n) is 11.9. The van der Waals surface area contributed by atoms with Crippen LogP contribution in [-0.4, -0.2) is 21.7 Å². The molecule has 0 saturated carbocycles. The maximum atomic E-state index is 10.9. The minimum Gasteiger partial charge on any atom is -0.543 e. The molecule has 2 aromatic carbocycles. The van der Waals surface area contributed by atoms with E-state index in [2.05, 4.69) is 85.9 Å². The number of aliphatic hydroxyl groups is 1. The Balaban J connectivity index is 1.71. The fraction of sp³-hybridized carbons (Fsp3) is 0.481. The first kappa shape index (κ1) is 25.3. The van der Waals surface area contributed by atoms with Crippen molar-refractivity contribution in [1.82, 2.24) is 0 Å². The lowest BCUT2D eigenvalue weighted by molar-refractivity contribution is -0.0198. The van der Waals surface area contributed by atoms with Gasteiger partial charge in [0.2, 0.25) is 22.9 Å². The first-order valence-corrected chi connectivity index (χ1v) is 18.6. The van der Waals surface area contributed by atoms with Gasteiger partial charge in [0.15, 0.2) is 0 Å². The van der Waals surface area contributed by atoms with Crippen LogP contribution >= 0.6 is 11.3 Å². The third-order valence-corrected chi connectivity index (χ3v) is 17.7. The highest BCUT2D eigenvalue weighted by atomic mass is 32.1. The van der Waals surface area contributed by atoms with Gasteiger partial charge in [0, 0.05) is 32.2 Å². The zero-order valence-corrected chi connectivity index (χ0v) is 24.9. The van der Waals surface area contributed by atoms with Gasteiger partial charge < -0.3 is 18.7 Å². The molecule has 1 atom stereocenters. The van der Waals surface area contributed by atoms with Crippen LogP contribution in [0, 0.1) is 0 Å². The molecule has 0 radical (unpaired) electrons. The molecule has 7 heteroatoms. The van der Waals surface area contributed by atoms with Crippen molar-refractivity contribution >= 4 is 38.1 Å². The number of aliphatic hydroxyl groups excluding tert-OH is 1. The molecule has 0 spiro atoms. The van der Waals surface area contributed by atoms with Gasteiger partial charge in [0.25, 0.3) is 0 Å². The molecule has 3 aromatic rings. The molecule has 0 amide bonds. The molecule has 1 unspecified atom stereocenters.